The zero-order valence-corrected chi connectivity index (χ0v) is 16.3. The Morgan fingerprint density at radius 2 is 1.96 bits per heavy atom. The molecule has 1 aromatic carbocycles. The maximum atomic E-state index is 12.5. The van der Waals surface area contributed by atoms with Crippen LogP contribution in [0.3, 0.4) is 0 Å². The zero-order chi connectivity index (χ0) is 19.8. The van der Waals surface area contributed by atoms with Gasteiger partial charge in [-0.05, 0) is 57.4 Å². The second-order valence-corrected chi connectivity index (χ2v) is 7.58. The van der Waals surface area contributed by atoms with Crippen LogP contribution in [0.15, 0.2) is 21.3 Å². The summed E-state index contributed by atoms with van der Waals surface area (Å²) in [6, 6.07) is 3.19. The maximum Gasteiger partial charge on any atom is 0.349 e. The largest absolute Gasteiger partial charge is 0.422 e. The number of anilines is 1. The first-order valence-electron chi connectivity index (χ1n) is 9.83. The number of hydrogen-bond donors (Lipinski definition) is 2. The number of nitrogens with one attached hydrogen (secondary N) is 2. The first-order valence-corrected chi connectivity index (χ1v) is 9.83. The van der Waals surface area contributed by atoms with Crippen LogP contribution >= 0.6 is 0 Å². The molecule has 0 saturated carbocycles. The van der Waals surface area contributed by atoms with Gasteiger partial charge in [0.05, 0.1) is 6.04 Å². The number of carbonyl (C=O) groups excluding carboxylic acids is 2. The molecule has 148 valence electrons. The fourth-order valence-electron chi connectivity index (χ4n) is 4.34. The fraction of sp³-hybridized carbons (Fsp3) is 0.476. The molecular weight excluding hydrogens is 358 g/mol. The van der Waals surface area contributed by atoms with Crippen molar-refractivity contribution in [1.29, 1.82) is 0 Å². The van der Waals surface area contributed by atoms with E-state index >= 15 is 0 Å². The monoisotopic (exact) mass is 383 g/mol. The molecule has 7 heteroatoms. The summed E-state index contributed by atoms with van der Waals surface area (Å²) in [7, 11) is 1.65. The van der Waals surface area contributed by atoms with Gasteiger partial charge in [0.25, 0.3) is 5.91 Å². The molecule has 0 spiro atoms. The van der Waals surface area contributed by atoms with Gasteiger partial charge in [-0.1, -0.05) is 0 Å². The van der Waals surface area contributed by atoms with E-state index in [1.807, 2.05) is 0 Å². The standard InChI is InChI=1S/C21H25N3O4/c1-12(25)17(22-2)11-23-20(26)16-10-14-9-13-5-3-7-24-8-4-6-15(18(13)24)19(14)28-21(16)27/h9-10,17,22H,3-8,11H2,1-2H3,(H,23,26)/t17-/m0/s1. The van der Waals surface area contributed by atoms with Gasteiger partial charge >= 0.3 is 5.63 Å². The molecule has 0 saturated heterocycles. The quantitative estimate of drug-likeness (QED) is 0.759. The Balaban J connectivity index is 1.71. The predicted molar refractivity (Wildman–Crippen MR) is 107 cm³/mol. The van der Waals surface area contributed by atoms with E-state index in [-0.39, 0.29) is 17.9 Å². The predicted octanol–water partition coefficient (Wildman–Crippen LogP) is 1.40. The molecule has 1 atom stereocenters. The normalized spacial score (nSPS) is 16.6. The van der Waals surface area contributed by atoms with Crippen LogP contribution in [0, 0.1) is 0 Å². The van der Waals surface area contributed by atoms with E-state index in [0.717, 1.165) is 49.7 Å². The van der Waals surface area contributed by atoms with E-state index in [1.165, 1.54) is 18.2 Å². The van der Waals surface area contributed by atoms with Crippen molar-refractivity contribution in [2.45, 2.75) is 38.6 Å². The topological polar surface area (TPSA) is 91.7 Å². The highest BCUT2D eigenvalue weighted by Gasteiger charge is 2.27. The van der Waals surface area contributed by atoms with E-state index in [9.17, 15) is 14.4 Å². The SMILES string of the molecule is CN[C@@H](CNC(=O)c1cc2cc3c4c(c2oc1=O)CCCN4CCC3)C(C)=O. The van der Waals surface area contributed by atoms with Gasteiger partial charge in [-0.25, -0.2) is 4.79 Å². The van der Waals surface area contributed by atoms with Gasteiger partial charge in [-0.15, -0.1) is 0 Å². The summed E-state index contributed by atoms with van der Waals surface area (Å²) in [6.07, 6.45) is 4.03. The molecule has 2 aromatic rings. The van der Waals surface area contributed by atoms with Crippen LogP contribution in [-0.4, -0.2) is 44.4 Å². The maximum absolute atomic E-state index is 12.5. The zero-order valence-electron chi connectivity index (χ0n) is 16.3. The molecule has 7 nitrogen and oxygen atoms in total. The van der Waals surface area contributed by atoms with Crippen molar-refractivity contribution < 1.29 is 14.0 Å². The molecular formula is C21H25N3O4. The molecule has 28 heavy (non-hydrogen) atoms. The molecule has 0 bridgehead atoms. The second kappa shape index (κ2) is 7.39. The molecule has 1 amide bonds. The van der Waals surface area contributed by atoms with Crippen molar-refractivity contribution in [3.63, 3.8) is 0 Å². The van der Waals surface area contributed by atoms with E-state index < -0.39 is 17.6 Å². The average Bonchev–Trinajstić information content (AvgIpc) is 2.68. The van der Waals surface area contributed by atoms with Crippen molar-refractivity contribution in [2.75, 3.05) is 31.6 Å². The van der Waals surface area contributed by atoms with Crippen LogP contribution in [0.4, 0.5) is 5.69 Å². The number of carbonyl (C=O) groups is 2. The van der Waals surface area contributed by atoms with Gasteiger partial charge in [0.2, 0.25) is 0 Å². The third-order valence-corrected chi connectivity index (χ3v) is 5.77. The van der Waals surface area contributed by atoms with Crippen molar-refractivity contribution in [2.24, 2.45) is 0 Å². The van der Waals surface area contributed by atoms with Gasteiger partial charge in [0.1, 0.15) is 16.9 Å². The summed E-state index contributed by atoms with van der Waals surface area (Å²) < 4.78 is 5.64. The summed E-state index contributed by atoms with van der Waals surface area (Å²) in [4.78, 5) is 39.0. The molecule has 2 aliphatic rings. The summed E-state index contributed by atoms with van der Waals surface area (Å²) in [5.41, 5.74) is 3.52. The summed E-state index contributed by atoms with van der Waals surface area (Å²) >= 11 is 0. The molecule has 0 radical (unpaired) electrons. The minimum absolute atomic E-state index is 0.0264. The fourth-order valence-corrected chi connectivity index (χ4v) is 4.34. The van der Waals surface area contributed by atoms with Crippen LogP contribution in [0.2, 0.25) is 0 Å². The molecule has 0 aliphatic carbocycles. The number of likely N-dealkylation sites (N-methyl/N-ethyl adjacent to an activating group) is 1. The summed E-state index contributed by atoms with van der Waals surface area (Å²) in [5.74, 6) is -0.603. The van der Waals surface area contributed by atoms with Crippen molar-refractivity contribution in [3.05, 3.63) is 39.2 Å². The number of Topliss-reactive ketones (excluding diaryl/α,β-unsaturated/α-hetero) is 1. The minimum atomic E-state index is -0.641. The van der Waals surface area contributed by atoms with Crippen molar-refractivity contribution in [3.8, 4) is 0 Å². The lowest BCUT2D eigenvalue weighted by Crippen LogP contribution is -2.44. The minimum Gasteiger partial charge on any atom is -0.422 e. The van der Waals surface area contributed by atoms with E-state index in [0.29, 0.717) is 5.58 Å². The molecule has 1 aromatic heterocycles. The van der Waals surface area contributed by atoms with Gasteiger partial charge in [-0.3, -0.25) is 9.59 Å². The lowest BCUT2D eigenvalue weighted by atomic mass is 9.90. The number of nitrogens with zero attached hydrogens (tertiary/aromatic N) is 1. The van der Waals surface area contributed by atoms with Crippen LogP contribution in [0.5, 0.6) is 0 Å². The molecule has 2 N–H and O–H groups in total. The molecule has 3 heterocycles. The number of ketones is 1. The van der Waals surface area contributed by atoms with E-state index in [4.69, 9.17) is 4.42 Å². The highest BCUT2D eigenvalue weighted by atomic mass is 16.4. The molecule has 0 unspecified atom stereocenters. The lowest BCUT2D eigenvalue weighted by molar-refractivity contribution is -0.118. The first kappa shape index (κ1) is 18.7. The Bertz CT molecular complexity index is 1010. The smallest absolute Gasteiger partial charge is 0.349 e. The number of hydrogen-bond acceptors (Lipinski definition) is 6. The Labute approximate surface area is 163 Å². The first-order chi connectivity index (χ1) is 13.5. The van der Waals surface area contributed by atoms with Crippen molar-refractivity contribution in [1.82, 2.24) is 10.6 Å². The Kier molecular flexibility index (Phi) is 4.93. The van der Waals surface area contributed by atoms with Crippen LogP contribution in [-0.2, 0) is 17.6 Å². The average molecular weight is 383 g/mol. The highest BCUT2D eigenvalue weighted by Crippen LogP contribution is 2.39. The van der Waals surface area contributed by atoms with Crippen LogP contribution in [0.25, 0.3) is 11.0 Å². The van der Waals surface area contributed by atoms with Crippen LogP contribution in [0.1, 0.15) is 41.3 Å². The highest BCUT2D eigenvalue weighted by molar-refractivity contribution is 5.98. The third kappa shape index (κ3) is 3.20. The number of aryl methyl sites for hydroxylation is 2. The summed E-state index contributed by atoms with van der Waals surface area (Å²) in [6.45, 7) is 3.65. The lowest BCUT2D eigenvalue weighted by Gasteiger charge is -2.37. The second-order valence-electron chi connectivity index (χ2n) is 7.58. The Morgan fingerprint density at radius 1 is 1.21 bits per heavy atom. The molecule has 4 rings (SSSR count). The van der Waals surface area contributed by atoms with E-state index in [2.05, 4.69) is 21.6 Å². The Morgan fingerprint density at radius 3 is 2.68 bits per heavy atom. The summed E-state index contributed by atoms with van der Waals surface area (Å²) in [5, 5.41) is 6.29. The van der Waals surface area contributed by atoms with Gasteiger partial charge < -0.3 is 20.0 Å². The number of fused-ring (bicyclic) bond motifs is 2. The van der Waals surface area contributed by atoms with E-state index in [1.54, 1.807) is 13.1 Å². The third-order valence-electron chi connectivity index (χ3n) is 5.77. The van der Waals surface area contributed by atoms with Gasteiger partial charge in [0.15, 0.2) is 0 Å². The number of rotatable bonds is 5. The van der Waals surface area contributed by atoms with Gasteiger partial charge in [0, 0.05) is 36.3 Å². The van der Waals surface area contributed by atoms with Crippen LogP contribution < -0.4 is 21.2 Å². The number of benzene rings is 1. The van der Waals surface area contributed by atoms with Gasteiger partial charge in [-0.2, -0.15) is 0 Å². The van der Waals surface area contributed by atoms with Crippen molar-refractivity contribution >= 4 is 28.3 Å². The number of amides is 1. The Hall–Kier alpha value is -2.67. The molecule has 2 aliphatic heterocycles. The molecule has 0 fully saturated rings.